The fourth-order valence-corrected chi connectivity index (χ4v) is 3.86. The number of ether oxygens (including phenoxy) is 1. The minimum atomic E-state index is 0.285. The lowest BCUT2D eigenvalue weighted by Gasteiger charge is -2.37. The second kappa shape index (κ2) is 7.31. The van der Waals surface area contributed by atoms with Crippen molar-refractivity contribution in [1.29, 1.82) is 0 Å². The van der Waals surface area contributed by atoms with Crippen molar-refractivity contribution < 1.29 is 4.74 Å². The summed E-state index contributed by atoms with van der Waals surface area (Å²) in [6.07, 6.45) is 10.5. The fraction of sp³-hybridized carbons (Fsp3) is 0.800. The van der Waals surface area contributed by atoms with Crippen LogP contribution in [0.25, 0.3) is 0 Å². The molecule has 0 radical (unpaired) electrons. The van der Waals surface area contributed by atoms with Crippen molar-refractivity contribution in [2.45, 2.75) is 66.6 Å². The van der Waals surface area contributed by atoms with Crippen molar-refractivity contribution >= 4 is 0 Å². The molecular formula is C20H35NO. The van der Waals surface area contributed by atoms with Gasteiger partial charge in [-0.1, -0.05) is 45.9 Å². The Morgan fingerprint density at radius 1 is 1.23 bits per heavy atom. The maximum absolute atomic E-state index is 5.83. The molecule has 1 aliphatic heterocycles. The Morgan fingerprint density at radius 2 is 1.86 bits per heavy atom. The first-order valence-electron chi connectivity index (χ1n) is 9.00. The number of nitrogens with zero attached hydrogens (tertiary/aromatic N) is 1. The Bertz CT molecular complexity index is 408. The van der Waals surface area contributed by atoms with Crippen LogP contribution >= 0.6 is 0 Å². The van der Waals surface area contributed by atoms with Crippen LogP contribution < -0.4 is 0 Å². The zero-order chi connectivity index (χ0) is 16.3. The fourth-order valence-electron chi connectivity index (χ4n) is 3.86. The molecule has 0 amide bonds. The predicted molar refractivity (Wildman–Crippen MR) is 95.0 cm³/mol. The Kier molecular flexibility index (Phi) is 5.90. The standard InChI is InChI=1S/C20H35NO/c1-15(12-21-13-16(2)22-17(3)14-21)11-18-7-9-19(10-8-18)20(4,5)6/h7,9-10,15-18H,8,11-14H2,1-6H3. The van der Waals surface area contributed by atoms with Crippen molar-refractivity contribution in [2.75, 3.05) is 19.6 Å². The van der Waals surface area contributed by atoms with Crippen LogP contribution in [0.3, 0.4) is 0 Å². The van der Waals surface area contributed by atoms with Gasteiger partial charge in [-0.05, 0) is 49.5 Å². The van der Waals surface area contributed by atoms with Gasteiger partial charge in [0.2, 0.25) is 0 Å². The van der Waals surface area contributed by atoms with E-state index in [1.54, 1.807) is 0 Å². The number of rotatable bonds is 4. The van der Waals surface area contributed by atoms with Crippen LogP contribution in [0.5, 0.6) is 0 Å². The van der Waals surface area contributed by atoms with Crippen LogP contribution in [-0.2, 0) is 4.74 Å². The minimum absolute atomic E-state index is 0.285. The Balaban J connectivity index is 1.78. The van der Waals surface area contributed by atoms with E-state index in [-0.39, 0.29) is 5.41 Å². The van der Waals surface area contributed by atoms with E-state index in [9.17, 15) is 0 Å². The van der Waals surface area contributed by atoms with E-state index in [2.05, 4.69) is 64.7 Å². The molecule has 4 atom stereocenters. The lowest BCUT2D eigenvalue weighted by Crippen LogP contribution is -2.46. The van der Waals surface area contributed by atoms with E-state index in [0.29, 0.717) is 12.2 Å². The lowest BCUT2D eigenvalue weighted by atomic mass is 9.80. The third kappa shape index (κ3) is 5.24. The molecule has 2 aliphatic rings. The first-order chi connectivity index (χ1) is 10.2. The number of morpholine rings is 1. The van der Waals surface area contributed by atoms with Crippen LogP contribution in [0, 0.1) is 17.3 Å². The highest BCUT2D eigenvalue weighted by Gasteiger charge is 2.24. The molecule has 126 valence electrons. The Morgan fingerprint density at radius 3 is 2.36 bits per heavy atom. The summed E-state index contributed by atoms with van der Waals surface area (Å²) < 4.78 is 5.83. The zero-order valence-electron chi connectivity index (χ0n) is 15.4. The highest BCUT2D eigenvalue weighted by atomic mass is 16.5. The monoisotopic (exact) mass is 305 g/mol. The summed E-state index contributed by atoms with van der Waals surface area (Å²) >= 11 is 0. The average Bonchev–Trinajstić information content (AvgIpc) is 2.36. The van der Waals surface area contributed by atoms with Gasteiger partial charge in [-0.15, -0.1) is 0 Å². The molecule has 1 saturated heterocycles. The van der Waals surface area contributed by atoms with Crippen molar-refractivity contribution in [3.05, 3.63) is 23.8 Å². The maximum Gasteiger partial charge on any atom is 0.0678 e. The van der Waals surface area contributed by atoms with Gasteiger partial charge in [-0.2, -0.15) is 0 Å². The summed E-state index contributed by atoms with van der Waals surface area (Å²) in [6, 6.07) is 0. The van der Waals surface area contributed by atoms with Crippen LogP contribution in [0.15, 0.2) is 23.8 Å². The molecular weight excluding hydrogens is 270 g/mol. The molecule has 0 N–H and O–H groups in total. The van der Waals surface area contributed by atoms with Crippen molar-refractivity contribution in [3.63, 3.8) is 0 Å². The first kappa shape index (κ1) is 17.7. The van der Waals surface area contributed by atoms with Crippen LogP contribution in [0.2, 0.25) is 0 Å². The smallest absolute Gasteiger partial charge is 0.0678 e. The molecule has 0 aromatic carbocycles. The Labute approximate surface area is 137 Å². The molecule has 22 heavy (non-hydrogen) atoms. The summed E-state index contributed by atoms with van der Waals surface area (Å²) in [6.45, 7) is 17.1. The van der Waals surface area contributed by atoms with Gasteiger partial charge >= 0.3 is 0 Å². The molecule has 2 rings (SSSR count). The van der Waals surface area contributed by atoms with E-state index >= 15 is 0 Å². The van der Waals surface area contributed by atoms with E-state index in [1.165, 1.54) is 25.0 Å². The quantitative estimate of drug-likeness (QED) is 0.748. The molecule has 4 unspecified atom stereocenters. The molecule has 1 heterocycles. The largest absolute Gasteiger partial charge is 0.373 e. The molecule has 0 bridgehead atoms. The van der Waals surface area contributed by atoms with E-state index in [4.69, 9.17) is 4.74 Å². The van der Waals surface area contributed by atoms with Gasteiger partial charge in [-0.3, -0.25) is 4.90 Å². The highest BCUT2D eigenvalue weighted by molar-refractivity contribution is 5.28. The van der Waals surface area contributed by atoms with Crippen LogP contribution in [0.1, 0.15) is 54.4 Å². The van der Waals surface area contributed by atoms with Crippen molar-refractivity contribution in [2.24, 2.45) is 17.3 Å². The predicted octanol–water partition coefficient (Wildman–Crippen LogP) is 4.67. The number of allylic oxidation sites excluding steroid dienone is 4. The van der Waals surface area contributed by atoms with Gasteiger partial charge in [0.05, 0.1) is 12.2 Å². The number of hydrogen-bond acceptors (Lipinski definition) is 2. The third-order valence-corrected chi connectivity index (χ3v) is 4.82. The molecule has 1 aliphatic carbocycles. The summed E-state index contributed by atoms with van der Waals surface area (Å²) in [7, 11) is 0. The lowest BCUT2D eigenvalue weighted by molar-refractivity contribution is -0.0713. The second-order valence-electron chi connectivity index (χ2n) is 8.58. The highest BCUT2D eigenvalue weighted by Crippen LogP contribution is 2.32. The second-order valence-corrected chi connectivity index (χ2v) is 8.58. The van der Waals surface area contributed by atoms with E-state index in [1.807, 2.05) is 0 Å². The molecule has 2 nitrogen and oxygen atoms in total. The molecule has 0 spiro atoms. The molecule has 0 saturated carbocycles. The third-order valence-electron chi connectivity index (χ3n) is 4.82. The zero-order valence-corrected chi connectivity index (χ0v) is 15.4. The van der Waals surface area contributed by atoms with Crippen molar-refractivity contribution in [1.82, 2.24) is 4.90 Å². The summed E-state index contributed by atoms with van der Waals surface area (Å²) in [4.78, 5) is 2.59. The normalized spacial score (nSPS) is 31.9. The average molecular weight is 306 g/mol. The van der Waals surface area contributed by atoms with E-state index < -0.39 is 0 Å². The summed E-state index contributed by atoms with van der Waals surface area (Å²) in [5.74, 6) is 1.47. The molecule has 2 heteroatoms. The van der Waals surface area contributed by atoms with Gasteiger partial charge in [0.25, 0.3) is 0 Å². The summed E-state index contributed by atoms with van der Waals surface area (Å²) in [5, 5.41) is 0. The minimum Gasteiger partial charge on any atom is -0.373 e. The van der Waals surface area contributed by atoms with Gasteiger partial charge < -0.3 is 4.74 Å². The SMILES string of the molecule is CC(CC1C=CC(C(C)(C)C)=CC1)CN1CC(C)OC(C)C1. The first-order valence-corrected chi connectivity index (χ1v) is 9.00. The molecule has 0 aromatic rings. The van der Waals surface area contributed by atoms with Gasteiger partial charge in [-0.25, -0.2) is 0 Å². The van der Waals surface area contributed by atoms with Gasteiger partial charge in [0, 0.05) is 19.6 Å². The van der Waals surface area contributed by atoms with Gasteiger partial charge in [0.1, 0.15) is 0 Å². The van der Waals surface area contributed by atoms with Crippen LogP contribution in [0.4, 0.5) is 0 Å². The molecule has 1 fully saturated rings. The molecule has 0 aromatic heterocycles. The topological polar surface area (TPSA) is 12.5 Å². The van der Waals surface area contributed by atoms with Crippen molar-refractivity contribution in [3.8, 4) is 0 Å². The summed E-state index contributed by atoms with van der Waals surface area (Å²) in [5.41, 5.74) is 1.78. The van der Waals surface area contributed by atoms with Crippen LogP contribution in [-0.4, -0.2) is 36.7 Å². The van der Waals surface area contributed by atoms with Gasteiger partial charge in [0.15, 0.2) is 0 Å². The van der Waals surface area contributed by atoms with E-state index in [0.717, 1.165) is 24.9 Å². The number of hydrogen-bond donors (Lipinski definition) is 0. The Hall–Kier alpha value is -0.600. The maximum atomic E-state index is 5.83.